The molecule has 2 N–H and O–H groups in total. The first-order chi connectivity index (χ1) is 5.46. The average Bonchev–Trinajstić information content (AvgIpc) is 2.37. The van der Waals surface area contributed by atoms with Gasteiger partial charge in [0.05, 0.1) is 0 Å². The van der Waals surface area contributed by atoms with Crippen molar-refractivity contribution < 1.29 is 0 Å². The van der Waals surface area contributed by atoms with Gasteiger partial charge in [0.1, 0.15) is 0 Å². The highest BCUT2D eigenvalue weighted by atomic mass is 14.9. The van der Waals surface area contributed by atoms with Crippen LogP contribution in [-0.4, -0.2) is 11.8 Å². The largest absolute Gasteiger partial charge is 0.324 e. The van der Waals surface area contributed by atoms with Crippen molar-refractivity contribution in [2.75, 3.05) is 0 Å². The molecule has 0 aromatic heterocycles. The number of allylic oxidation sites excluding steroid dienone is 1. The van der Waals surface area contributed by atoms with E-state index in [0.717, 1.165) is 0 Å². The SMILES string of the molecule is CC(C)=C/N=C\C1C(C)C1(C)N. The lowest BCUT2D eigenvalue weighted by Crippen LogP contribution is -2.21. The normalized spacial score (nSPS) is 40.1. The maximum atomic E-state index is 5.96. The Labute approximate surface area is 74.6 Å². The van der Waals surface area contributed by atoms with E-state index in [2.05, 4.69) is 18.8 Å². The Bertz CT molecular complexity index is 222. The summed E-state index contributed by atoms with van der Waals surface area (Å²) in [5.74, 6) is 1.04. The lowest BCUT2D eigenvalue weighted by molar-refractivity contribution is 0.680. The molecule has 0 aromatic rings. The molecule has 2 nitrogen and oxygen atoms in total. The fourth-order valence-corrected chi connectivity index (χ4v) is 1.37. The first kappa shape index (κ1) is 9.46. The average molecular weight is 166 g/mol. The van der Waals surface area contributed by atoms with Gasteiger partial charge in [0, 0.05) is 23.9 Å². The van der Waals surface area contributed by atoms with Crippen molar-refractivity contribution in [3.63, 3.8) is 0 Å². The Balaban J connectivity index is 2.46. The summed E-state index contributed by atoms with van der Waals surface area (Å²) in [6, 6.07) is 0. The molecular formula is C10H18N2. The molecule has 3 atom stereocenters. The van der Waals surface area contributed by atoms with Crippen LogP contribution in [0.1, 0.15) is 27.7 Å². The molecule has 0 saturated heterocycles. The van der Waals surface area contributed by atoms with Crippen LogP contribution in [0.2, 0.25) is 0 Å². The second-order valence-corrected chi connectivity index (χ2v) is 4.19. The molecular weight excluding hydrogens is 148 g/mol. The van der Waals surface area contributed by atoms with Crippen LogP contribution in [0.4, 0.5) is 0 Å². The summed E-state index contributed by atoms with van der Waals surface area (Å²) in [7, 11) is 0. The van der Waals surface area contributed by atoms with Gasteiger partial charge in [-0.25, -0.2) is 0 Å². The molecule has 0 aliphatic heterocycles. The number of nitrogens with two attached hydrogens (primary N) is 1. The van der Waals surface area contributed by atoms with E-state index in [1.807, 2.05) is 26.3 Å². The quantitative estimate of drug-likeness (QED) is 0.626. The maximum Gasteiger partial charge on any atom is 0.0250 e. The monoisotopic (exact) mass is 166 g/mol. The smallest absolute Gasteiger partial charge is 0.0250 e. The zero-order chi connectivity index (χ0) is 9.35. The van der Waals surface area contributed by atoms with E-state index in [4.69, 9.17) is 5.73 Å². The highest BCUT2D eigenvalue weighted by molar-refractivity contribution is 5.69. The van der Waals surface area contributed by atoms with Crippen molar-refractivity contribution >= 4 is 6.21 Å². The number of hydrogen-bond donors (Lipinski definition) is 1. The van der Waals surface area contributed by atoms with E-state index in [9.17, 15) is 0 Å². The van der Waals surface area contributed by atoms with Gasteiger partial charge in [0.15, 0.2) is 0 Å². The molecule has 3 unspecified atom stereocenters. The molecule has 0 heterocycles. The summed E-state index contributed by atoms with van der Waals surface area (Å²) < 4.78 is 0. The van der Waals surface area contributed by atoms with Crippen molar-refractivity contribution in [2.45, 2.75) is 33.2 Å². The highest BCUT2D eigenvalue weighted by Gasteiger charge is 2.54. The number of hydrogen-bond acceptors (Lipinski definition) is 2. The van der Waals surface area contributed by atoms with Crippen molar-refractivity contribution in [3.8, 4) is 0 Å². The van der Waals surface area contributed by atoms with Gasteiger partial charge in [-0.15, -0.1) is 0 Å². The molecule has 1 aliphatic carbocycles. The van der Waals surface area contributed by atoms with E-state index < -0.39 is 0 Å². The number of rotatable bonds is 2. The molecule has 0 radical (unpaired) electrons. The molecule has 68 valence electrons. The van der Waals surface area contributed by atoms with Crippen LogP contribution in [0.3, 0.4) is 0 Å². The Morgan fingerprint density at radius 1 is 1.50 bits per heavy atom. The van der Waals surface area contributed by atoms with Gasteiger partial charge in [-0.05, 0) is 26.7 Å². The third kappa shape index (κ3) is 1.75. The van der Waals surface area contributed by atoms with Crippen LogP contribution in [-0.2, 0) is 0 Å². The summed E-state index contributed by atoms with van der Waals surface area (Å²) in [4.78, 5) is 4.21. The predicted octanol–water partition coefficient (Wildman–Crippen LogP) is 1.96. The summed E-state index contributed by atoms with van der Waals surface area (Å²) in [5, 5.41) is 0. The molecule has 0 amide bonds. The minimum absolute atomic E-state index is 0.0149. The van der Waals surface area contributed by atoms with E-state index >= 15 is 0 Å². The topological polar surface area (TPSA) is 38.4 Å². The molecule has 0 spiro atoms. The molecule has 12 heavy (non-hydrogen) atoms. The Morgan fingerprint density at radius 2 is 2.00 bits per heavy atom. The zero-order valence-corrected chi connectivity index (χ0v) is 8.33. The number of nitrogens with zero attached hydrogens (tertiary/aromatic N) is 1. The van der Waals surface area contributed by atoms with Gasteiger partial charge in [0.25, 0.3) is 0 Å². The predicted molar refractivity (Wildman–Crippen MR) is 53.2 cm³/mol. The van der Waals surface area contributed by atoms with Crippen molar-refractivity contribution in [1.82, 2.24) is 0 Å². The first-order valence-corrected chi connectivity index (χ1v) is 4.42. The fraction of sp³-hybridized carbons (Fsp3) is 0.700. The molecule has 1 aliphatic rings. The van der Waals surface area contributed by atoms with Crippen molar-refractivity contribution in [1.29, 1.82) is 0 Å². The second kappa shape index (κ2) is 3.02. The molecule has 1 saturated carbocycles. The van der Waals surface area contributed by atoms with Gasteiger partial charge in [-0.2, -0.15) is 0 Å². The van der Waals surface area contributed by atoms with Crippen LogP contribution >= 0.6 is 0 Å². The molecule has 1 rings (SSSR count). The van der Waals surface area contributed by atoms with Crippen molar-refractivity contribution in [2.24, 2.45) is 22.6 Å². The van der Waals surface area contributed by atoms with Crippen LogP contribution < -0.4 is 5.73 Å². The summed E-state index contributed by atoms with van der Waals surface area (Å²) >= 11 is 0. The molecule has 2 heteroatoms. The van der Waals surface area contributed by atoms with E-state index in [0.29, 0.717) is 11.8 Å². The van der Waals surface area contributed by atoms with Gasteiger partial charge in [-0.1, -0.05) is 12.5 Å². The maximum absolute atomic E-state index is 5.96. The minimum Gasteiger partial charge on any atom is -0.324 e. The summed E-state index contributed by atoms with van der Waals surface area (Å²) in [5.41, 5.74) is 7.16. The van der Waals surface area contributed by atoms with Crippen LogP contribution in [0, 0.1) is 11.8 Å². The molecule has 0 bridgehead atoms. The van der Waals surface area contributed by atoms with Gasteiger partial charge < -0.3 is 5.73 Å². The third-order valence-electron chi connectivity index (χ3n) is 2.71. The third-order valence-corrected chi connectivity index (χ3v) is 2.71. The van der Waals surface area contributed by atoms with E-state index in [-0.39, 0.29) is 5.54 Å². The minimum atomic E-state index is -0.0149. The van der Waals surface area contributed by atoms with Gasteiger partial charge in [0.2, 0.25) is 0 Å². The number of aliphatic imine (C=N–C) groups is 1. The lowest BCUT2D eigenvalue weighted by atomic mass is 10.2. The summed E-state index contributed by atoms with van der Waals surface area (Å²) in [6.45, 7) is 8.32. The second-order valence-electron chi connectivity index (χ2n) is 4.19. The highest BCUT2D eigenvalue weighted by Crippen LogP contribution is 2.46. The zero-order valence-electron chi connectivity index (χ0n) is 8.33. The fourth-order valence-electron chi connectivity index (χ4n) is 1.37. The first-order valence-electron chi connectivity index (χ1n) is 4.42. The standard InChI is InChI=1S/C10H18N2/c1-7(2)5-12-6-9-8(3)10(9,4)11/h5-6,8-9H,11H2,1-4H3/b12-6-. The van der Waals surface area contributed by atoms with Gasteiger partial charge in [-0.3, -0.25) is 4.99 Å². The molecule has 0 aromatic carbocycles. The Hall–Kier alpha value is -0.630. The molecule has 1 fully saturated rings. The van der Waals surface area contributed by atoms with Crippen LogP contribution in [0.25, 0.3) is 0 Å². The van der Waals surface area contributed by atoms with E-state index in [1.54, 1.807) is 0 Å². The van der Waals surface area contributed by atoms with Crippen LogP contribution in [0.15, 0.2) is 16.8 Å². The van der Waals surface area contributed by atoms with E-state index in [1.165, 1.54) is 5.57 Å². The Morgan fingerprint density at radius 3 is 2.33 bits per heavy atom. The van der Waals surface area contributed by atoms with Gasteiger partial charge >= 0.3 is 0 Å². The van der Waals surface area contributed by atoms with Crippen LogP contribution in [0.5, 0.6) is 0 Å². The summed E-state index contributed by atoms with van der Waals surface area (Å²) in [6.07, 6.45) is 3.85. The van der Waals surface area contributed by atoms with Crippen molar-refractivity contribution in [3.05, 3.63) is 11.8 Å². The Kier molecular flexibility index (Phi) is 2.38. The lowest BCUT2D eigenvalue weighted by Gasteiger charge is -1.96.